The van der Waals surface area contributed by atoms with Crippen molar-refractivity contribution in [1.29, 1.82) is 0 Å². The first-order chi connectivity index (χ1) is 8.23. The highest BCUT2D eigenvalue weighted by molar-refractivity contribution is 8.00. The Morgan fingerprint density at radius 1 is 1.21 bits per heavy atom. The number of carbonyl (C=O) groups excluding carboxylic acids is 1. The summed E-state index contributed by atoms with van der Waals surface area (Å²) in [6.45, 7) is 16.3. The first-order valence-corrected chi connectivity index (χ1v) is 8.54. The minimum atomic E-state index is -2.50. The molecular weight excluding hydrogens is 288 g/mol. The molecule has 0 heterocycles. The molecule has 2 atom stereocenters. The summed E-state index contributed by atoms with van der Waals surface area (Å²) < 4.78 is 27.1. The molecule has 0 spiro atoms. The number of ketones is 1. The lowest BCUT2D eigenvalue weighted by molar-refractivity contribution is -0.115. The fourth-order valence-electron chi connectivity index (χ4n) is 0.136. The summed E-state index contributed by atoms with van der Waals surface area (Å²) in [5.74, 6) is -2.33. The van der Waals surface area contributed by atoms with Crippen molar-refractivity contribution in [3.63, 3.8) is 0 Å². The summed E-state index contributed by atoms with van der Waals surface area (Å²) in [6.07, 6.45) is 0.390. The third-order valence-electron chi connectivity index (χ3n) is 0.304. The fourth-order valence-corrected chi connectivity index (χ4v) is 1.22. The number of alkyl halides is 2. The van der Waals surface area contributed by atoms with Crippen LogP contribution in [0.15, 0.2) is 12.2 Å². The third kappa shape index (κ3) is 490. The molecule has 0 N–H and O–H groups in total. The maximum absolute atomic E-state index is 11.0. The van der Waals surface area contributed by atoms with Gasteiger partial charge in [-0.2, -0.15) is 0 Å². The van der Waals surface area contributed by atoms with E-state index < -0.39 is 5.92 Å². The predicted molar refractivity (Wildman–Crippen MR) is 87.4 cm³/mol. The van der Waals surface area contributed by atoms with Gasteiger partial charge < -0.3 is 9.32 Å². The lowest BCUT2D eigenvalue weighted by atomic mass is 10.4. The zero-order valence-electron chi connectivity index (χ0n) is 13.4. The number of halogens is 2. The van der Waals surface area contributed by atoms with E-state index in [2.05, 4.69) is 15.5 Å². The Kier molecular flexibility index (Phi) is 26.1. The summed E-state index contributed by atoms with van der Waals surface area (Å²) in [6, 6.07) is 0. The molecule has 0 radical (unpaired) electrons. The Bertz CT molecular complexity index is 189. The molecular formula is C13H30F2O2P2. The van der Waals surface area contributed by atoms with Crippen LogP contribution in [0, 0.1) is 0 Å². The summed E-state index contributed by atoms with van der Waals surface area (Å²) >= 11 is 0. The van der Waals surface area contributed by atoms with E-state index in [1.807, 2.05) is 27.7 Å². The van der Waals surface area contributed by atoms with Crippen molar-refractivity contribution in [2.24, 2.45) is 0 Å². The highest BCUT2D eigenvalue weighted by Crippen LogP contribution is 2.22. The molecule has 0 rings (SSSR count). The van der Waals surface area contributed by atoms with Crippen molar-refractivity contribution >= 4 is 23.2 Å². The zero-order valence-corrected chi connectivity index (χ0v) is 15.6. The Hall–Kier alpha value is 0.0900. The average molecular weight is 318 g/mol. The SMILES string of the molecule is C=C(C)C.CC(C)(F)F.CC(C)=O.CC(C)OPP. The van der Waals surface area contributed by atoms with Crippen LogP contribution < -0.4 is 0 Å². The fraction of sp³-hybridized carbons (Fsp3) is 0.769. The van der Waals surface area contributed by atoms with Crippen LogP contribution in [0.2, 0.25) is 0 Å². The second kappa shape index (κ2) is 18.1. The molecule has 0 saturated carbocycles. The topological polar surface area (TPSA) is 26.3 Å². The number of carbonyl (C=O) groups is 1. The van der Waals surface area contributed by atoms with Gasteiger partial charge >= 0.3 is 0 Å². The molecule has 0 saturated heterocycles. The number of allylic oxidation sites excluding steroid dienone is 1. The molecule has 19 heavy (non-hydrogen) atoms. The molecule has 0 fully saturated rings. The number of rotatable bonds is 2. The molecule has 0 aliphatic rings. The van der Waals surface area contributed by atoms with E-state index in [1.165, 1.54) is 19.4 Å². The Balaban J connectivity index is -0.0000000803. The van der Waals surface area contributed by atoms with Gasteiger partial charge in [0, 0.05) is 8.50 Å². The van der Waals surface area contributed by atoms with Gasteiger partial charge in [0.25, 0.3) is 0 Å². The molecule has 2 nitrogen and oxygen atoms in total. The standard InChI is InChI=1S/C4H8.C3H6F2.C3H10OP2.C3H6O/c1-4(2)3;1-3(2,4)5;1-3(2)4-6-5;1-3(2)4/h1H2,2-3H3;1-2H3;3,6H,5H2,1-2H3;1-2H3. The van der Waals surface area contributed by atoms with E-state index in [4.69, 9.17) is 4.52 Å². The second-order valence-electron chi connectivity index (χ2n) is 4.73. The quantitative estimate of drug-likeness (QED) is 0.487. The highest BCUT2D eigenvalue weighted by Gasteiger charge is 2.08. The van der Waals surface area contributed by atoms with Crippen LogP contribution in [-0.2, 0) is 9.32 Å². The number of Topliss-reactive ketones (excluding diaryl/α,β-unsaturated/α-hetero) is 1. The smallest absolute Gasteiger partial charge is 0.242 e. The van der Waals surface area contributed by atoms with Crippen LogP contribution in [-0.4, -0.2) is 17.8 Å². The molecule has 118 valence electrons. The van der Waals surface area contributed by atoms with Crippen molar-refractivity contribution in [3.05, 3.63) is 12.2 Å². The monoisotopic (exact) mass is 318 g/mol. The van der Waals surface area contributed by atoms with Crippen LogP contribution >= 0.6 is 17.4 Å². The van der Waals surface area contributed by atoms with E-state index in [0.717, 1.165) is 13.8 Å². The van der Waals surface area contributed by atoms with E-state index in [1.54, 1.807) is 0 Å². The van der Waals surface area contributed by atoms with E-state index >= 15 is 0 Å². The maximum atomic E-state index is 11.0. The highest BCUT2D eigenvalue weighted by atomic mass is 32.0. The van der Waals surface area contributed by atoms with Crippen molar-refractivity contribution in [3.8, 4) is 0 Å². The molecule has 0 aromatic carbocycles. The lowest BCUT2D eigenvalue weighted by Gasteiger charge is -1.99. The van der Waals surface area contributed by atoms with E-state index in [0.29, 0.717) is 14.6 Å². The van der Waals surface area contributed by atoms with Gasteiger partial charge in [-0.25, -0.2) is 8.78 Å². The number of hydrogen-bond donors (Lipinski definition) is 0. The van der Waals surface area contributed by atoms with Gasteiger partial charge in [-0.3, -0.25) is 0 Å². The lowest BCUT2D eigenvalue weighted by Crippen LogP contribution is -1.98. The number of hydrogen-bond acceptors (Lipinski definition) is 2. The van der Waals surface area contributed by atoms with E-state index in [9.17, 15) is 13.6 Å². The van der Waals surface area contributed by atoms with Crippen molar-refractivity contribution in [1.82, 2.24) is 0 Å². The Morgan fingerprint density at radius 2 is 1.37 bits per heavy atom. The zero-order chi connectivity index (χ0) is 16.6. The van der Waals surface area contributed by atoms with Gasteiger partial charge in [0.05, 0.1) is 6.10 Å². The normalized spacial score (nSPS) is 9.68. The molecule has 0 aromatic rings. The molecule has 0 aliphatic heterocycles. The van der Waals surface area contributed by atoms with Crippen LogP contribution in [0.25, 0.3) is 0 Å². The Morgan fingerprint density at radius 3 is 1.37 bits per heavy atom. The largest absolute Gasteiger partial charge is 0.356 e. The van der Waals surface area contributed by atoms with Crippen LogP contribution in [0.1, 0.15) is 55.4 Å². The second-order valence-corrected chi connectivity index (χ2v) is 5.91. The molecule has 0 bridgehead atoms. The van der Waals surface area contributed by atoms with Crippen molar-refractivity contribution in [2.45, 2.75) is 67.4 Å². The van der Waals surface area contributed by atoms with Gasteiger partial charge in [0.15, 0.2) is 0 Å². The van der Waals surface area contributed by atoms with Gasteiger partial charge in [0.2, 0.25) is 5.92 Å². The average Bonchev–Trinajstić information content (AvgIpc) is 1.96. The van der Waals surface area contributed by atoms with Gasteiger partial charge in [-0.15, -0.1) is 6.58 Å². The summed E-state index contributed by atoms with van der Waals surface area (Å²) in [4.78, 5) is 9.44. The van der Waals surface area contributed by atoms with Gasteiger partial charge in [0.1, 0.15) is 5.78 Å². The van der Waals surface area contributed by atoms with Gasteiger partial charge in [-0.05, 0) is 55.4 Å². The minimum Gasteiger partial charge on any atom is -0.356 e. The Labute approximate surface area is 121 Å². The van der Waals surface area contributed by atoms with E-state index in [-0.39, 0.29) is 5.78 Å². The molecule has 2 unspecified atom stereocenters. The third-order valence-corrected chi connectivity index (χ3v) is 1.32. The van der Waals surface area contributed by atoms with Crippen LogP contribution in [0.4, 0.5) is 8.78 Å². The van der Waals surface area contributed by atoms with Crippen LogP contribution in [0.5, 0.6) is 0 Å². The first-order valence-electron chi connectivity index (χ1n) is 5.82. The molecule has 0 aliphatic carbocycles. The molecule has 0 amide bonds. The first kappa shape index (κ1) is 27.4. The minimum absolute atomic E-state index is 0.167. The summed E-state index contributed by atoms with van der Waals surface area (Å²) in [7, 11) is 3.08. The van der Waals surface area contributed by atoms with Crippen molar-refractivity contribution < 1.29 is 18.1 Å². The van der Waals surface area contributed by atoms with Crippen LogP contribution in [0.3, 0.4) is 0 Å². The predicted octanol–water partition coefficient (Wildman–Crippen LogP) is 5.63. The molecule has 0 aromatic heterocycles. The summed E-state index contributed by atoms with van der Waals surface area (Å²) in [5.41, 5.74) is 1.17. The molecule has 6 heteroatoms. The van der Waals surface area contributed by atoms with Crippen molar-refractivity contribution in [2.75, 3.05) is 0 Å². The van der Waals surface area contributed by atoms with Gasteiger partial charge in [-0.1, -0.05) is 14.5 Å². The maximum Gasteiger partial charge on any atom is 0.242 e. The summed E-state index contributed by atoms with van der Waals surface area (Å²) in [5, 5.41) is 0.